The topological polar surface area (TPSA) is 32.5 Å². The van der Waals surface area contributed by atoms with E-state index in [0.29, 0.717) is 10.8 Å². The first-order chi connectivity index (χ1) is 8.66. The highest BCUT2D eigenvalue weighted by molar-refractivity contribution is 8.00. The van der Waals surface area contributed by atoms with Crippen molar-refractivity contribution in [2.24, 2.45) is 5.73 Å². The Morgan fingerprint density at radius 3 is 2.11 bits per heavy atom. The SMILES string of the molecule is CCC(C)N1CCN(C(CN)C2(SC)CC2)CC1. The lowest BCUT2D eigenvalue weighted by atomic mass is 10.1. The van der Waals surface area contributed by atoms with Crippen molar-refractivity contribution in [2.45, 2.75) is 49.9 Å². The zero-order valence-electron chi connectivity index (χ0n) is 12.2. The van der Waals surface area contributed by atoms with Crippen LogP contribution in [0.2, 0.25) is 0 Å². The van der Waals surface area contributed by atoms with E-state index in [2.05, 4.69) is 29.9 Å². The van der Waals surface area contributed by atoms with Crippen molar-refractivity contribution in [1.29, 1.82) is 0 Å². The third kappa shape index (κ3) is 2.87. The minimum absolute atomic E-state index is 0.493. The molecule has 0 aromatic carbocycles. The number of rotatable bonds is 6. The highest BCUT2D eigenvalue weighted by Crippen LogP contribution is 2.51. The maximum atomic E-state index is 6.06. The van der Waals surface area contributed by atoms with Crippen LogP contribution in [0, 0.1) is 0 Å². The van der Waals surface area contributed by atoms with Crippen molar-refractivity contribution in [3.05, 3.63) is 0 Å². The first-order valence-electron chi connectivity index (χ1n) is 7.40. The molecule has 1 aliphatic heterocycles. The lowest BCUT2D eigenvalue weighted by Crippen LogP contribution is -2.57. The molecule has 2 rings (SSSR count). The van der Waals surface area contributed by atoms with Crippen LogP contribution in [-0.2, 0) is 0 Å². The van der Waals surface area contributed by atoms with Gasteiger partial charge in [-0.05, 0) is 32.4 Å². The summed E-state index contributed by atoms with van der Waals surface area (Å²) in [4.78, 5) is 5.28. The highest BCUT2D eigenvalue weighted by Gasteiger charge is 2.50. The van der Waals surface area contributed by atoms with Crippen molar-refractivity contribution in [1.82, 2.24) is 9.80 Å². The zero-order chi connectivity index (χ0) is 13.2. The molecule has 1 aliphatic carbocycles. The van der Waals surface area contributed by atoms with Gasteiger partial charge < -0.3 is 5.73 Å². The number of thioether (sulfide) groups is 1. The van der Waals surface area contributed by atoms with Gasteiger partial charge in [-0.15, -0.1) is 0 Å². The van der Waals surface area contributed by atoms with E-state index in [4.69, 9.17) is 5.73 Å². The van der Waals surface area contributed by atoms with Gasteiger partial charge in [0.15, 0.2) is 0 Å². The molecule has 0 bridgehead atoms. The summed E-state index contributed by atoms with van der Waals surface area (Å²) in [6, 6.07) is 1.34. The molecule has 2 fully saturated rings. The second kappa shape index (κ2) is 6.12. The second-order valence-electron chi connectivity index (χ2n) is 5.85. The Balaban J connectivity index is 1.88. The summed E-state index contributed by atoms with van der Waals surface area (Å²) in [7, 11) is 0. The molecule has 0 aromatic heterocycles. The molecule has 0 spiro atoms. The summed E-state index contributed by atoms with van der Waals surface area (Å²) in [6.45, 7) is 10.3. The Morgan fingerprint density at radius 1 is 1.17 bits per heavy atom. The van der Waals surface area contributed by atoms with Crippen LogP contribution in [0.5, 0.6) is 0 Å². The normalized spacial score (nSPS) is 28.0. The molecule has 4 heteroatoms. The fourth-order valence-electron chi connectivity index (χ4n) is 3.24. The zero-order valence-corrected chi connectivity index (χ0v) is 13.0. The Kier molecular flexibility index (Phi) is 4.98. The van der Waals surface area contributed by atoms with Gasteiger partial charge in [0.2, 0.25) is 0 Å². The lowest BCUT2D eigenvalue weighted by molar-refractivity contribution is 0.0717. The highest BCUT2D eigenvalue weighted by atomic mass is 32.2. The molecule has 1 saturated heterocycles. The predicted molar refractivity (Wildman–Crippen MR) is 81.2 cm³/mol. The molecule has 0 radical (unpaired) electrons. The Labute approximate surface area is 116 Å². The van der Waals surface area contributed by atoms with Gasteiger partial charge in [0.05, 0.1) is 0 Å². The number of piperazine rings is 1. The molecule has 2 N–H and O–H groups in total. The summed E-state index contributed by atoms with van der Waals surface area (Å²) < 4.78 is 0.493. The van der Waals surface area contributed by atoms with Crippen LogP contribution in [-0.4, -0.2) is 65.6 Å². The average molecular weight is 271 g/mol. The van der Waals surface area contributed by atoms with Crippen LogP contribution >= 0.6 is 11.8 Å². The molecule has 106 valence electrons. The van der Waals surface area contributed by atoms with Crippen LogP contribution in [0.1, 0.15) is 33.1 Å². The molecule has 2 atom stereocenters. The molecular formula is C14H29N3S. The maximum Gasteiger partial charge on any atom is 0.0366 e. The molecule has 0 aromatic rings. The standard InChI is InChI=1S/C14H29N3S/c1-4-12(2)16-7-9-17(10-8-16)13(11-15)14(18-3)5-6-14/h12-13H,4-11,15H2,1-3H3. The minimum atomic E-state index is 0.493. The van der Waals surface area contributed by atoms with Gasteiger partial charge in [-0.1, -0.05) is 6.92 Å². The van der Waals surface area contributed by atoms with Crippen LogP contribution in [0.3, 0.4) is 0 Å². The van der Waals surface area contributed by atoms with E-state index in [1.165, 1.54) is 45.4 Å². The molecule has 1 saturated carbocycles. The van der Waals surface area contributed by atoms with Crippen LogP contribution in [0.15, 0.2) is 0 Å². The molecule has 1 heterocycles. The largest absolute Gasteiger partial charge is 0.329 e. The van der Waals surface area contributed by atoms with Crippen LogP contribution in [0.4, 0.5) is 0 Å². The van der Waals surface area contributed by atoms with E-state index >= 15 is 0 Å². The predicted octanol–water partition coefficient (Wildman–Crippen LogP) is 1.63. The van der Waals surface area contributed by atoms with Gasteiger partial charge in [-0.25, -0.2) is 0 Å². The van der Waals surface area contributed by atoms with Crippen LogP contribution in [0.25, 0.3) is 0 Å². The molecule has 2 aliphatic rings. The lowest BCUT2D eigenvalue weighted by Gasteiger charge is -2.43. The van der Waals surface area contributed by atoms with E-state index in [-0.39, 0.29) is 0 Å². The van der Waals surface area contributed by atoms with Gasteiger partial charge in [0.1, 0.15) is 0 Å². The number of nitrogens with zero attached hydrogens (tertiary/aromatic N) is 2. The first-order valence-corrected chi connectivity index (χ1v) is 8.62. The quantitative estimate of drug-likeness (QED) is 0.796. The second-order valence-corrected chi connectivity index (χ2v) is 7.07. The van der Waals surface area contributed by atoms with E-state index in [9.17, 15) is 0 Å². The third-order valence-electron chi connectivity index (χ3n) is 4.98. The van der Waals surface area contributed by atoms with Crippen molar-refractivity contribution in [2.75, 3.05) is 39.0 Å². The van der Waals surface area contributed by atoms with Gasteiger partial charge >= 0.3 is 0 Å². The smallest absolute Gasteiger partial charge is 0.0366 e. The van der Waals surface area contributed by atoms with Gasteiger partial charge in [-0.2, -0.15) is 11.8 Å². The molecule has 3 nitrogen and oxygen atoms in total. The Hall–Kier alpha value is 0.230. The summed E-state index contributed by atoms with van der Waals surface area (Å²) >= 11 is 2.04. The van der Waals surface area contributed by atoms with E-state index < -0.39 is 0 Å². The van der Waals surface area contributed by atoms with Crippen molar-refractivity contribution >= 4 is 11.8 Å². The summed E-state index contributed by atoms with van der Waals surface area (Å²) in [6.07, 6.45) is 6.24. The summed E-state index contributed by atoms with van der Waals surface area (Å²) in [5.41, 5.74) is 6.06. The Morgan fingerprint density at radius 2 is 1.72 bits per heavy atom. The fraction of sp³-hybridized carbons (Fsp3) is 1.00. The van der Waals surface area contributed by atoms with Gasteiger partial charge in [0, 0.05) is 49.6 Å². The summed E-state index contributed by atoms with van der Waals surface area (Å²) in [5.74, 6) is 0. The minimum Gasteiger partial charge on any atom is -0.329 e. The number of hydrogen-bond donors (Lipinski definition) is 1. The number of hydrogen-bond acceptors (Lipinski definition) is 4. The fourth-order valence-corrected chi connectivity index (χ4v) is 4.27. The molecule has 2 unspecified atom stereocenters. The number of nitrogens with two attached hydrogens (primary N) is 1. The van der Waals surface area contributed by atoms with E-state index in [0.717, 1.165) is 12.6 Å². The molecule has 18 heavy (non-hydrogen) atoms. The van der Waals surface area contributed by atoms with Gasteiger partial charge in [0.25, 0.3) is 0 Å². The van der Waals surface area contributed by atoms with Crippen molar-refractivity contribution in [3.8, 4) is 0 Å². The third-order valence-corrected chi connectivity index (χ3v) is 6.48. The van der Waals surface area contributed by atoms with Crippen molar-refractivity contribution in [3.63, 3.8) is 0 Å². The first kappa shape index (κ1) is 14.6. The Bertz CT molecular complexity index is 260. The van der Waals surface area contributed by atoms with Gasteiger partial charge in [-0.3, -0.25) is 9.80 Å². The van der Waals surface area contributed by atoms with Crippen molar-refractivity contribution < 1.29 is 0 Å². The summed E-state index contributed by atoms with van der Waals surface area (Å²) in [5, 5.41) is 0. The average Bonchev–Trinajstić information content (AvgIpc) is 3.20. The van der Waals surface area contributed by atoms with E-state index in [1.807, 2.05) is 11.8 Å². The van der Waals surface area contributed by atoms with E-state index in [1.54, 1.807) is 0 Å². The monoisotopic (exact) mass is 271 g/mol. The van der Waals surface area contributed by atoms with Crippen LogP contribution < -0.4 is 5.73 Å². The molecular weight excluding hydrogens is 242 g/mol. The maximum absolute atomic E-state index is 6.06. The molecule has 0 amide bonds.